The van der Waals surface area contributed by atoms with Crippen LogP contribution in [-0.4, -0.2) is 76.5 Å². The Morgan fingerprint density at radius 1 is 0.750 bits per heavy atom. The fraction of sp³-hybridized carbons (Fsp3) is 0.455. The van der Waals surface area contributed by atoms with Crippen LogP contribution < -0.4 is 33.2 Å². The summed E-state index contributed by atoms with van der Waals surface area (Å²) < 4.78 is 0. The van der Waals surface area contributed by atoms with E-state index in [2.05, 4.69) is 16.0 Å². The Morgan fingerprint density at radius 3 is 1.78 bits per heavy atom. The first kappa shape index (κ1) is 30.0. The number of carbonyl (C=O) groups is 6. The number of aliphatic carboxylic acids is 1. The van der Waals surface area contributed by atoms with Crippen molar-refractivity contribution >= 4 is 35.5 Å². The first-order valence-electron chi connectivity index (χ1n) is 11.1. The Kier molecular flexibility index (Phi) is 12.5. The Morgan fingerprint density at radius 2 is 1.25 bits per heavy atom. The number of carboxylic acids is 1. The van der Waals surface area contributed by atoms with Gasteiger partial charge in [-0.05, 0) is 18.4 Å². The van der Waals surface area contributed by atoms with E-state index < -0.39 is 66.3 Å². The van der Waals surface area contributed by atoms with Crippen LogP contribution in [0.1, 0.15) is 31.2 Å². The standard InChI is InChI=1S/C22H32N6O8/c23-13(6-8-17(24)30)19(32)28-16(11-29)21(34)26-14(7-9-18(25)31)20(33)27-15(22(35)36)10-12-4-2-1-3-5-12/h1-5,13-16,29H,6-11,23H2,(H2,24,30)(H2,25,31)(H,26,34)(H,27,33)(H,28,32)(H,35,36). The molecule has 36 heavy (non-hydrogen) atoms. The molecule has 0 aliphatic carbocycles. The van der Waals surface area contributed by atoms with Gasteiger partial charge in [0.05, 0.1) is 12.6 Å². The van der Waals surface area contributed by atoms with Gasteiger partial charge in [0.15, 0.2) is 0 Å². The minimum Gasteiger partial charge on any atom is -0.480 e. The summed E-state index contributed by atoms with van der Waals surface area (Å²) in [6, 6.07) is 3.04. The number of amides is 5. The second-order valence-corrected chi connectivity index (χ2v) is 8.01. The number of carbonyl (C=O) groups excluding carboxylic acids is 5. The first-order chi connectivity index (χ1) is 16.9. The summed E-state index contributed by atoms with van der Waals surface area (Å²) >= 11 is 0. The van der Waals surface area contributed by atoms with E-state index in [1.54, 1.807) is 30.3 Å². The predicted molar refractivity (Wildman–Crippen MR) is 125 cm³/mol. The van der Waals surface area contributed by atoms with Crippen molar-refractivity contribution in [3.63, 3.8) is 0 Å². The molecule has 198 valence electrons. The van der Waals surface area contributed by atoms with E-state index >= 15 is 0 Å². The summed E-state index contributed by atoms with van der Waals surface area (Å²) in [7, 11) is 0. The van der Waals surface area contributed by atoms with Gasteiger partial charge in [0.25, 0.3) is 0 Å². The molecule has 0 saturated carbocycles. The van der Waals surface area contributed by atoms with E-state index in [-0.39, 0.29) is 32.1 Å². The lowest BCUT2D eigenvalue weighted by atomic mass is 10.0. The third-order valence-corrected chi connectivity index (χ3v) is 5.06. The topological polar surface area (TPSA) is 257 Å². The number of primary amides is 2. The molecule has 1 rings (SSSR count). The molecule has 0 aromatic heterocycles. The Bertz CT molecular complexity index is 942. The molecule has 4 atom stereocenters. The van der Waals surface area contributed by atoms with E-state index in [1.807, 2.05) is 0 Å². The van der Waals surface area contributed by atoms with Crippen molar-refractivity contribution < 1.29 is 39.0 Å². The molecule has 0 aliphatic rings. The summed E-state index contributed by atoms with van der Waals surface area (Å²) in [6.45, 7) is -0.865. The van der Waals surface area contributed by atoms with Gasteiger partial charge in [0, 0.05) is 19.3 Å². The van der Waals surface area contributed by atoms with Crippen molar-refractivity contribution in [3.05, 3.63) is 35.9 Å². The Labute approximate surface area is 206 Å². The van der Waals surface area contributed by atoms with Gasteiger partial charge >= 0.3 is 5.97 Å². The van der Waals surface area contributed by atoms with Gasteiger partial charge < -0.3 is 43.4 Å². The van der Waals surface area contributed by atoms with Gasteiger partial charge in [-0.2, -0.15) is 0 Å². The van der Waals surface area contributed by atoms with Gasteiger partial charge in [0.1, 0.15) is 18.1 Å². The highest BCUT2D eigenvalue weighted by Gasteiger charge is 2.30. The normalized spacial score (nSPS) is 13.9. The van der Waals surface area contributed by atoms with Crippen LogP contribution in [0.3, 0.4) is 0 Å². The number of nitrogens with one attached hydrogen (secondary N) is 3. The number of aliphatic hydroxyl groups excluding tert-OH is 1. The summed E-state index contributed by atoms with van der Waals surface area (Å²) in [6.07, 6.45) is -0.898. The molecule has 11 N–H and O–H groups in total. The Hall–Kier alpha value is -4.04. The smallest absolute Gasteiger partial charge is 0.326 e. The average Bonchev–Trinajstić information content (AvgIpc) is 2.82. The molecular formula is C22H32N6O8. The van der Waals surface area contributed by atoms with Crippen LogP contribution in [-0.2, 0) is 35.2 Å². The monoisotopic (exact) mass is 508 g/mol. The van der Waals surface area contributed by atoms with E-state index in [1.165, 1.54) is 0 Å². The zero-order chi connectivity index (χ0) is 27.3. The molecule has 0 heterocycles. The molecule has 0 bridgehead atoms. The number of nitrogens with two attached hydrogens (primary N) is 3. The van der Waals surface area contributed by atoms with Crippen LogP contribution in [0.25, 0.3) is 0 Å². The van der Waals surface area contributed by atoms with Gasteiger partial charge in [-0.1, -0.05) is 30.3 Å². The highest BCUT2D eigenvalue weighted by Crippen LogP contribution is 2.06. The number of benzene rings is 1. The lowest BCUT2D eigenvalue weighted by Gasteiger charge is -2.24. The molecule has 0 fully saturated rings. The molecule has 14 heteroatoms. The van der Waals surface area contributed by atoms with Gasteiger partial charge in [0.2, 0.25) is 29.5 Å². The highest BCUT2D eigenvalue weighted by atomic mass is 16.4. The van der Waals surface area contributed by atoms with Crippen LogP contribution in [0.4, 0.5) is 0 Å². The van der Waals surface area contributed by atoms with Crippen LogP contribution in [0.15, 0.2) is 30.3 Å². The fourth-order valence-electron chi connectivity index (χ4n) is 3.05. The lowest BCUT2D eigenvalue weighted by Crippen LogP contribution is -2.58. The van der Waals surface area contributed by atoms with E-state index in [0.717, 1.165) is 0 Å². The molecule has 1 aromatic carbocycles. The number of rotatable bonds is 16. The number of hydrogen-bond donors (Lipinski definition) is 8. The molecule has 5 amide bonds. The van der Waals surface area contributed by atoms with Crippen molar-refractivity contribution in [1.82, 2.24) is 16.0 Å². The molecule has 4 unspecified atom stereocenters. The van der Waals surface area contributed by atoms with E-state index in [9.17, 15) is 39.0 Å². The van der Waals surface area contributed by atoms with Crippen molar-refractivity contribution in [1.29, 1.82) is 0 Å². The summed E-state index contributed by atoms with van der Waals surface area (Å²) in [5.74, 6) is -5.52. The van der Waals surface area contributed by atoms with Crippen molar-refractivity contribution in [2.24, 2.45) is 17.2 Å². The molecular weight excluding hydrogens is 476 g/mol. The third kappa shape index (κ3) is 10.9. The molecule has 0 radical (unpaired) electrons. The van der Waals surface area contributed by atoms with Crippen molar-refractivity contribution in [3.8, 4) is 0 Å². The number of hydrogen-bond acceptors (Lipinski definition) is 8. The molecule has 14 nitrogen and oxygen atoms in total. The second-order valence-electron chi connectivity index (χ2n) is 8.01. The van der Waals surface area contributed by atoms with Crippen molar-refractivity contribution in [2.45, 2.75) is 56.3 Å². The maximum absolute atomic E-state index is 12.8. The summed E-state index contributed by atoms with van der Waals surface area (Å²) in [5, 5.41) is 25.9. The zero-order valence-electron chi connectivity index (χ0n) is 19.5. The van der Waals surface area contributed by atoms with Gasteiger partial charge in [-0.3, -0.25) is 24.0 Å². The number of carboxylic acid groups (broad SMARTS) is 1. The molecule has 1 aromatic rings. The fourth-order valence-corrected chi connectivity index (χ4v) is 3.05. The minimum absolute atomic E-state index is 0.0447. The Balaban J connectivity index is 2.91. The SMILES string of the molecule is NC(=O)CCC(N)C(=O)NC(CO)C(=O)NC(CCC(N)=O)C(=O)NC(Cc1ccccc1)C(=O)O. The summed E-state index contributed by atoms with van der Waals surface area (Å²) in [5.41, 5.74) is 16.4. The zero-order valence-corrected chi connectivity index (χ0v) is 19.5. The van der Waals surface area contributed by atoms with Gasteiger partial charge in [-0.25, -0.2) is 4.79 Å². The summed E-state index contributed by atoms with van der Waals surface area (Å²) in [4.78, 5) is 71.4. The second kappa shape index (κ2) is 15.1. The van der Waals surface area contributed by atoms with Crippen LogP contribution in [0.5, 0.6) is 0 Å². The minimum atomic E-state index is -1.53. The third-order valence-electron chi connectivity index (χ3n) is 5.06. The molecule has 0 saturated heterocycles. The van der Waals surface area contributed by atoms with E-state index in [4.69, 9.17) is 17.2 Å². The van der Waals surface area contributed by atoms with Crippen LogP contribution in [0.2, 0.25) is 0 Å². The molecule has 0 aliphatic heterocycles. The van der Waals surface area contributed by atoms with Gasteiger partial charge in [-0.15, -0.1) is 0 Å². The molecule has 0 spiro atoms. The average molecular weight is 509 g/mol. The first-order valence-corrected chi connectivity index (χ1v) is 11.1. The maximum Gasteiger partial charge on any atom is 0.326 e. The predicted octanol–water partition coefficient (Wildman–Crippen LogP) is -3.38. The van der Waals surface area contributed by atoms with Crippen molar-refractivity contribution in [2.75, 3.05) is 6.61 Å². The quantitative estimate of drug-likeness (QED) is 0.111. The highest BCUT2D eigenvalue weighted by molar-refractivity contribution is 5.94. The van der Waals surface area contributed by atoms with E-state index in [0.29, 0.717) is 5.56 Å². The number of aliphatic hydroxyl groups is 1. The van der Waals surface area contributed by atoms with Crippen LogP contribution >= 0.6 is 0 Å². The largest absolute Gasteiger partial charge is 0.480 e. The lowest BCUT2D eigenvalue weighted by molar-refractivity contribution is -0.142. The van der Waals surface area contributed by atoms with Crippen LogP contribution in [0, 0.1) is 0 Å². The maximum atomic E-state index is 12.8.